The summed E-state index contributed by atoms with van der Waals surface area (Å²) >= 11 is 0. The monoisotopic (exact) mass is 340 g/mol. The van der Waals surface area contributed by atoms with Crippen LogP contribution < -0.4 is 10.6 Å². The van der Waals surface area contributed by atoms with Gasteiger partial charge < -0.3 is 5.11 Å². The van der Waals surface area contributed by atoms with Gasteiger partial charge in [-0.2, -0.15) is 0 Å². The first-order chi connectivity index (χ1) is 11.6. The van der Waals surface area contributed by atoms with Crippen LogP contribution in [0.15, 0.2) is 0 Å². The molecule has 4 amide bonds. The molecule has 0 bridgehead atoms. The number of hydrogen-bond donors (Lipinski definition) is 3. The van der Waals surface area contributed by atoms with Crippen molar-refractivity contribution in [1.29, 1.82) is 0 Å². The summed E-state index contributed by atoms with van der Waals surface area (Å²) in [6.07, 6.45) is 12.1. The van der Waals surface area contributed by atoms with E-state index in [2.05, 4.69) is 17.6 Å². The van der Waals surface area contributed by atoms with E-state index in [1.807, 2.05) is 0 Å². The zero-order valence-corrected chi connectivity index (χ0v) is 14.9. The summed E-state index contributed by atoms with van der Waals surface area (Å²) in [7, 11) is 0. The molecule has 0 aliphatic carbocycles. The second kappa shape index (κ2) is 11.2. The molecule has 0 aromatic heterocycles. The highest BCUT2D eigenvalue weighted by atomic mass is 16.3. The molecule has 24 heavy (non-hydrogen) atoms. The van der Waals surface area contributed by atoms with Crippen LogP contribution in [-0.4, -0.2) is 29.6 Å². The molecule has 6 heteroatoms. The van der Waals surface area contributed by atoms with Crippen LogP contribution in [0.2, 0.25) is 0 Å². The van der Waals surface area contributed by atoms with Crippen LogP contribution in [0.3, 0.4) is 0 Å². The number of carbonyl (C=O) groups excluding carboxylic acids is 3. The number of carbonyl (C=O) groups is 3. The van der Waals surface area contributed by atoms with Gasteiger partial charge in [0.05, 0.1) is 0 Å². The summed E-state index contributed by atoms with van der Waals surface area (Å²) in [5.41, 5.74) is -1.30. The van der Waals surface area contributed by atoms with Crippen molar-refractivity contribution in [2.24, 2.45) is 5.41 Å². The van der Waals surface area contributed by atoms with Crippen LogP contribution >= 0.6 is 0 Å². The first-order valence-corrected chi connectivity index (χ1v) is 9.34. The van der Waals surface area contributed by atoms with E-state index in [9.17, 15) is 19.5 Å². The van der Waals surface area contributed by atoms with Gasteiger partial charge >= 0.3 is 6.03 Å². The van der Waals surface area contributed by atoms with E-state index in [1.165, 1.54) is 44.9 Å². The van der Waals surface area contributed by atoms with Gasteiger partial charge in [-0.15, -0.1) is 0 Å². The molecule has 0 unspecified atom stereocenters. The Bertz CT molecular complexity index is 403. The Labute approximate surface area is 144 Å². The number of hydrogen-bond acceptors (Lipinski definition) is 4. The van der Waals surface area contributed by atoms with Crippen molar-refractivity contribution >= 4 is 17.8 Å². The van der Waals surface area contributed by atoms with Gasteiger partial charge in [0, 0.05) is 6.61 Å². The van der Waals surface area contributed by atoms with Crippen LogP contribution in [0, 0.1) is 5.41 Å². The highest BCUT2D eigenvalue weighted by Crippen LogP contribution is 2.32. The number of unbranched alkanes of at least 4 members (excludes halogenated alkanes) is 9. The van der Waals surface area contributed by atoms with Crippen LogP contribution in [0.25, 0.3) is 0 Å². The fraction of sp³-hybridized carbons (Fsp3) is 0.833. The van der Waals surface area contributed by atoms with Crippen molar-refractivity contribution in [2.75, 3.05) is 6.61 Å². The highest BCUT2D eigenvalue weighted by molar-refractivity contribution is 6.19. The average Bonchev–Trinajstić information content (AvgIpc) is 2.54. The van der Waals surface area contributed by atoms with Gasteiger partial charge in [-0.05, 0) is 12.8 Å². The number of aliphatic hydroxyl groups is 1. The van der Waals surface area contributed by atoms with Gasteiger partial charge in [0.2, 0.25) is 11.8 Å². The molecule has 1 fully saturated rings. The SMILES string of the molecule is CCCCCCCCCCCCC1(CCO)C(=O)NC(=O)NC1=O. The summed E-state index contributed by atoms with van der Waals surface area (Å²) < 4.78 is 0. The minimum absolute atomic E-state index is 0.0510. The maximum atomic E-state index is 12.1. The lowest BCUT2D eigenvalue weighted by atomic mass is 9.76. The molecule has 1 aliphatic heterocycles. The zero-order valence-electron chi connectivity index (χ0n) is 14.9. The third-order valence-electron chi connectivity index (χ3n) is 4.82. The van der Waals surface area contributed by atoms with E-state index in [-0.39, 0.29) is 13.0 Å². The van der Waals surface area contributed by atoms with Gasteiger partial charge in [0.25, 0.3) is 0 Å². The Morgan fingerprint density at radius 3 is 1.67 bits per heavy atom. The predicted octanol–water partition coefficient (Wildman–Crippen LogP) is 3.03. The second-order valence-corrected chi connectivity index (χ2v) is 6.73. The van der Waals surface area contributed by atoms with E-state index in [1.54, 1.807) is 0 Å². The normalized spacial score (nSPS) is 16.8. The van der Waals surface area contributed by atoms with Crippen molar-refractivity contribution in [3.05, 3.63) is 0 Å². The van der Waals surface area contributed by atoms with Crippen molar-refractivity contribution in [3.63, 3.8) is 0 Å². The first-order valence-electron chi connectivity index (χ1n) is 9.34. The van der Waals surface area contributed by atoms with Gasteiger partial charge in [-0.1, -0.05) is 71.1 Å². The largest absolute Gasteiger partial charge is 0.396 e. The van der Waals surface area contributed by atoms with Crippen molar-refractivity contribution in [2.45, 2.75) is 84.0 Å². The standard InChI is InChI=1S/C18H32N2O4/c1-2-3-4-5-6-7-8-9-10-11-12-18(13-14-21)15(22)19-17(24)20-16(18)23/h21H,2-14H2,1H3,(H2,19,20,22,23,24). The lowest BCUT2D eigenvalue weighted by Gasteiger charge is -2.33. The van der Waals surface area contributed by atoms with Crippen molar-refractivity contribution in [1.82, 2.24) is 10.6 Å². The number of imide groups is 2. The molecule has 1 saturated heterocycles. The summed E-state index contributed by atoms with van der Waals surface area (Å²) in [5, 5.41) is 13.5. The highest BCUT2D eigenvalue weighted by Gasteiger charge is 2.49. The molecule has 6 nitrogen and oxygen atoms in total. The van der Waals surface area contributed by atoms with E-state index in [0.29, 0.717) is 6.42 Å². The first kappa shape index (κ1) is 20.6. The molecule has 0 saturated carbocycles. The Balaban J connectivity index is 2.26. The van der Waals surface area contributed by atoms with Crippen LogP contribution in [0.5, 0.6) is 0 Å². The maximum Gasteiger partial charge on any atom is 0.328 e. The van der Waals surface area contributed by atoms with Crippen LogP contribution in [0.4, 0.5) is 4.79 Å². The fourth-order valence-corrected chi connectivity index (χ4v) is 3.26. The molecule has 1 heterocycles. The molecule has 1 aliphatic rings. The summed E-state index contributed by atoms with van der Waals surface area (Å²) in [4.78, 5) is 35.4. The molecule has 0 aromatic carbocycles. The van der Waals surface area contributed by atoms with Gasteiger partial charge in [0.15, 0.2) is 0 Å². The zero-order chi connectivity index (χ0) is 17.8. The number of nitrogens with one attached hydrogen (secondary N) is 2. The summed E-state index contributed by atoms with van der Waals surface area (Å²) in [6, 6.07) is -0.776. The van der Waals surface area contributed by atoms with Crippen LogP contribution in [0.1, 0.15) is 84.0 Å². The van der Waals surface area contributed by atoms with E-state index in [4.69, 9.17) is 0 Å². The number of aliphatic hydroxyl groups excluding tert-OH is 1. The minimum Gasteiger partial charge on any atom is -0.396 e. The molecule has 1 rings (SSSR count). The third-order valence-corrected chi connectivity index (χ3v) is 4.82. The Morgan fingerprint density at radius 1 is 0.750 bits per heavy atom. The van der Waals surface area contributed by atoms with Crippen LogP contribution in [-0.2, 0) is 9.59 Å². The Morgan fingerprint density at radius 2 is 1.21 bits per heavy atom. The lowest BCUT2D eigenvalue weighted by molar-refractivity contribution is -0.146. The van der Waals surface area contributed by atoms with Crippen molar-refractivity contribution < 1.29 is 19.5 Å². The van der Waals surface area contributed by atoms with Gasteiger partial charge in [0.1, 0.15) is 5.41 Å². The minimum atomic E-state index is -1.30. The molecule has 0 atom stereocenters. The fourth-order valence-electron chi connectivity index (χ4n) is 3.26. The quantitative estimate of drug-likeness (QED) is 0.355. The molecule has 0 spiro atoms. The molecule has 3 N–H and O–H groups in total. The molecule has 0 radical (unpaired) electrons. The summed E-state index contributed by atoms with van der Waals surface area (Å²) in [5.74, 6) is -1.16. The third kappa shape index (κ3) is 6.23. The molecular weight excluding hydrogens is 308 g/mol. The van der Waals surface area contributed by atoms with E-state index >= 15 is 0 Å². The number of amides is 4. The number of urea groups is 1. The lowest BCUT2D eigenvalue weighted by Crippen LogP contribution is -2.62. The van der Waals surface area contributed by atoms with Gasteiger partial charge in [-0.25, -0.2) is 4.79 Å². The average molecular weight is 340 g/mol. The van der Waals surface area contributed by atoms with E-state index < -0.39 is 23.3 Å². The topological polar surface area (TPSA) is 95.5 Å². The molecule has 138 valence electrons. The number of barbiturate groups is 1. The molecular formula is C18H32N2O4. The Kier molecular flexibility index (Phi) is 9.60. The van der Waals surface area contributed by atoms with E-state index in [0.717, 1.165) is 19.3 Å². The van der Waals surface area contributed by atoms with Gasteiger partial charge in [-0.3, -0.25) is 20.2 Å². The smallest absolute Gasteiger partial charge is 0.328 e. The molecule has 0 aromatic rings. The predicted molar refractivity (Wildman–Crippen MR) is 92.3 cm³/mol. The van der Waals surface area contributed by atoms with Crippen molar-refractivity contribution in [3.8, 4) is 0 Å². The Hall–Kier alpha value is -1.43. The second-order valence-electron chi connectivity index (χ2n) is 6.73. The number of rotatable bonds is 13. The maximum absolute atomic E-state index is 12.1. The summed E-state index contributed by atoms with van der Waals surface area (Å²) in [6.45, 7) is 1.96.